The summed E-state index contributed by atoms with van der Waals surface area (Å²) in [6, 6.07) is 1.79. The molecule has 5 heteroatoms. The van der Waals surface area contributed by atoms with Crippen molar-refractivity contribution < 1.29 is 14.3 Å². The lowest BCUT2D eigenvalue weighted by Gasteiger charge is -2.08. The lowest BCUT2D eigenvalue weighted by Crippen LogP contribution is -2.21. The van der Waals surface area contributed by atoms with E-state index in [4.69, 9.17) is 9.52 Å². The molecule has 0 bridgehead atoms. The van der Waals surface area contributed by atoms with E-state index in [0.717, 1.165) is 12.5 Å². The lowest BCUT2D eigenvalue weighted by molar-refractivity contribution is 0.0659. The highest BCUT2D eigenvalue weighted by molar-refractivity contribution is 7.99. The SMILES string of the molecule is Cc1cc(CNCC2CCSC2)oc1C(=O)O. The van der Waals surface area contributed by atoms with Crippen LogP contribution in [0.2, 0.25) is 0 Å². The molecule has 1 saturated heterocycles. The van der Waals surface area contributed by atoms with Crippen LogP contribution in [0.15, 0.2) is 10.5 Å². The normalized spacial score (nSPS) is 19.7. The maximum atomic E-state index is 10.8. The van der Waals surface area contributed by atoms with Crippen LogP contribution >= 0.6 is 11.8 Å². The number of nitrogens with one attached hydrogen (secondary N) is 1. The quantitative estimate of drug-likeness (QED) is 0.844. The molecule has 2 N–H and O–H groups in total. The Kier molecular flexibility index (Phi) is 4.12. The molecule has 0 spiro atoms. The first kappa shape index (κ1) is 12.5. The van der Waals surface area contributed by atoms with Crippen LogP contribution in [0, 0.1) is 12.8 Å². The number of carboxylic acids is 1. The van der Waals surface area contributed by atoms with Gasteiger partial charge >= 0.3 is 5.97 Å². The van der Waals surface area contributed by atoms with Gasteiger partial charge in [0.15, 0.2) is 0 Å². The lowest BCUT2D eigenvalue weighted by atomic mass is 10.1. The standard InChI is InChI=1S/C12H17NO3S/c1-8-4-10(16-11(8)12(14)15)6-13-5-9-2-3-17-7-9/h4,9,13H,2-3,5-7H2,1H3,(H,14,15). The fourth-order valence-electron chi connectivity index (χ4n) is 1.99. The first-order valence-corrected chi connectivity index (χ1v) is 6.93. The van der Waals surface area contributed by atoms with Gasteiger partial charge in [0.2, 0.25) is 5.76 Å². The zero-order chi connectivity index (χ0) is 12.3. The predicted molar refractivity (Wildman–Crippen MR) is 67.5 cm³/mol. The summed E-state index contributed by atoms with van der Waals surface area (Å²) in [5.41, 5.74) is 0.686. The summed E-state index contributed by atoms with van der Waals surface area (Å²) in [5, 5.41) is 12.2. The van der Waals surface area contributed by atoms with Gasteiger partial charge in [0.05, 0.1) is 6.54 Å². The van der Waals surface area contributed by atoms with E-state index >= 15 is 0 Å². The molecule has 1 unspecified atom stereocenters. The molecule has 1 fully saturated rings. The van der Waals surface area contributed by atoms with Crippen molar-refractivity contribution in [3.8, 4) is 0 Å². The van der Waals surface area contributed by atoms with E-state index in [9.17, 15) is 4.79 Å². The summed E-state index contributed by atoms with van der Waals surface area (Å²) in [4.78, 5) is 10.8. The molecule has 1 aliphatic rings. The van der Waals surface area contributed by atoms with E-state index in [2.05, 4.69) is 5.32 Å². The molecule has 0 amide bonds. The van der Waals surface area contributed by atoms with Crippen molar-refractivity contribution >= 4 is 17.7 Å². The van der Waals surface area contributed by atoms with Crippen LogP contribution in [-0.4, -0.2) is 29.1 Å². The predicted octanol–water partition coefficient (Wildman–Crippen LogP) is 2.13. The highest BCUT2D eigenvalue weighted by Crippen LogP contribution is 2.22. The van der Waals surface area contributed by atoms with Crippen molar-refractivity contribution in [2.45, 2.75) is 19.9 Å². The van der Waals surface area contributed by atoms with Gasteiger partial charge in [0.1, 0.15) is 5.76 Å². The molecular weight excluding hydrogens is 238 g/mol. The summed E-state index contributed by atoms with van der Waals surface area (Å²) in [6.07, 6.45) is 1.27. The number of hydrogen-bond donors (Lipinski definition) is 2. The minimum absolute atomic E-state index is 0.0539. The van der Waals surface area contributed by atoms with Crippen LogP contribution < -0.4 is 5.32 Å². The number of aryl methyl sites for hydroxylation is 1. The third-order valence-electron chi connectivity index (χ3n) is 2.92. The topological polar surface area (TPSA) is 62.5 Å². The molecule has 4 nitrogen and oxygen atoms in total. The Morgan fingerprint density at radius 3 is 3.12 bits per heavy atom. The van der Waals surface area contributed by atoms with Gasteiger partial charge in [-0.1, -0.05) is 0 Å². The molecule has 1 aliphatic heterocycles. The summed E-state index contributed by atoms with van der Waals surface area (Å²) in [7, 11) is 0. The second kappa shape index (κ2) is 5.60. The number of furan rings is 1. The van der Waals surface area contributed by atoms with Crippen molar-refractivity contribution in [1.29, 1.82) is 0 Å². The minimum atomic E-state index is -0.999. The molecule has 17 heavy (non-hydrogen) atoms. The van der Waals surface area contributed by atoms with Crippen LogP contribution in [0.1, 0.15) is 28.3 Å². The smallest absolute Gasteiger partial charge is 0.372 e. The van der Waals surface area contributed by atoms with Crippen LogP contribution in [0.5, 0.6) is 0 Å². The largest absolute Gasteiger partial charge is 0.475 e. The third kappa shape index (κ3) is 3.26. The van der Waals surface area contributed by atoms with Crippen LogP contribution in [-0.2, 0) is 6.54 Å². The van der Waals surface area contributed by atoms with Gasteiger partial charge < -0.3 is 14.8 Å². The zero-order valence-electron chi connectivity index (χ0n) is 9.86. The molecule has 0 aromatic carbocycles. The minimum Gasteiger partial charge on any atom is -0.475 e. The van der Waals surface area contributed by atoms with Gasteiger partial charge in [-0.25, -0.2) is 4.79 Å². The number of carboxylic acid groups (broad SMARTS) is 1. The van der Waals surface area contributed by atoms with E-state index in [-0.39, 0.29) is 5.76 Å². The van der Waals surface area contributed by atoms with Gasteiger partial charge in [-0.3, -0.25) is 0 Å². The molecule has 0 saturated carbocycles. The number of carbonyl (C=O) groups is 1. The molecule has 1 aromatic rings. The average molecular weight is 255 g/mol. The number of rotatable bonds is 5. The van der Waals surface area contributed by atoms with Crippen molar-refractivity contribution in [3.05, 3.63) is 23.2 Å². The Balaban J connectivity index is 1.82. The first-order valence-electron chi connectivity index (χ1n) is 5.78. The van der Waals surface area contributed by atoms with Crippen LogP contribution in [0.4, 0.5) is 0 Å². The molecule has 2 rings (SSSR count). The third-order valence-corrected chi connectivity index (χ3v) is 4.15. The first-order chi connectivity index (χ1) is 8.16. The highest BCUT2D eigenvalue weighted by Gasteiger charge is 2.16. The molecule has 1 atom stereocenters. The molecule has 1 aromatic heterocycles. The average Bonchev–Trinajstić information content (AvgIpc) is 2.88. The Bertz CT molecular complexity index is 396. The number of thioether (sulfide) groups is 1. The van der Waals surface area contributed by atoms with E-state index in [1.165, 1.54) is 17.9 Å². The molecular formula is C12H17NO3S. The number of hydrogen-bond acceptors (Lipinski definition) is 4. The maximum absolute atomic E-state index is 10.8. The maximum Gasteiger partial charge on any atom is 0.372 e. The van der Waals surface area contributed by atoms with Crippen molar-refractivity contribution in [2.75, 3.05) is 18.1 Å². The summed E-state index contributed by atoms with van der Waals surface area (Å²) in [5.74, 6) is 2.99. The van der Waals surface area contributed by atoms with Gasteiger partial charge in [-0.2, -0.15) is 11.8 Å². The monoisotopic (exact) mass is 255 g/mol. The van der Waals surface area contributed by atoms with E-state index in [0.29, 0.717) is 17.9 Å². The highest BCUT2D eigenvalue weighted by atomic mass is 32.2. The van der Waals surface area contributed by atoms with Crippen LogP contribution in [0.3, 0.4) is 0 Å². The van der Waals surface area contributed by atoms with Crippen molar-refractivity contribution in [2.24, 2.45) is 5.92 Å². The molecule has 94 valence electrons. The summed E-state index contributed by atoms with van der Waals surface area (Å²) in [6.45, 7) is 3.34. The van der Waals surface area contributed by atoms with Gasteiger partial charge in [0, 0.05) is 5.56 Å². The molecule has 0 radical (unpaired) electrons. The second-order valence-corrected chi connectivity index (χ2v) is 5.54. The Labute approximate surface area is 105 Å². The molecule has 2 heterocycles. The van der Waals surface area contributed by atoms with Crippen molar-refractivity contribution in [3.63, 3.8) is 0 Å². The zero-order valence-corrected chi connectivity index (χ0v) is 10.7. The summed E-state index contributed by atoms with van der Waals surface area (Å²) < 4.78 is 5.27. The van der Waals surface area contributed by atoms with E-state index in [1.807, 2.05) is 11.8 Å². The Morgan fingerprint density at radius 2 is 2.53 bits per heavy atom. The van der Waals surface area contributed by atoms with Gasteiger partial charge in [-0.15, -0.1) is 0 Å². The second-order valence-electron chi connectivity index (χ2n) is 4.39. The Morgan fingerprint density at radius 1 is 1.71 bits per heavy atom. The van der Waals surface area contributed by atoms with Gasteiger partial charge in [-0.05, 0) is 43.4 Å². The van der Waals surface area contributed by atoms with E-state index in [1.54, 1.807) is 13.0 Å². The molecule has 0 aliphatic carbocycles. The van der Waals surface area contributed by atoms with Crippen LogP contribution in [0.25, 0.3) is 0 Å². The van der Waals surface area contributed by atoms with E-state index < -0.39 is 5.97 Å². The van der Waals surface area contributed by atoms with Gasteiger partial charge in [0.25, 0.3) is 0 Å². The van der Waals surface area contributed by atoms with Crippen molar-refractivity contribution in [1.82, 2.24) is 5.32 Å². The number of aromatic carboxylic acids is 1. The summed E-state index contributed by atoms with van der Waals surface area (Å²) >= 11 is 2.00. The Hall–Kier alpha value is -0.940. The fourth-order valence-corrected chi connectivity index (χ4v) is 3.28. The fraction of sp³-hybridized carbons (Fsp3) is 0.583.